The van der Waals surface area contributed by atoms with Crippen LogP contribution in [0.15, 0.2) is 48.5 Å². The van der Waals surface area contributed by atoms with Crippen molar-refractivity contribution in [3.05, 3.63) is 59.9 Å². The summed E-state index contributed by atoms with van der Waals surface area (Å²) >= 11 is 0. The summed E-state index contributed by atoms with van der Waals surface area (Å²) in [5.74, 6) is -0.216. The van der Waals surface area contributed by atoms with E-state index in [0.717, 1.165) is 23.5 Å². The molecule has 1 atom stereocenters. The molecule has 0 saturated heterocycles. The van der Waals surface area contributed by atoms with Gasteiger partial charge < -0.3 is 10.6 Å². The normalized spacial score (nSPS) is 12.2. The highest BCUT2D eigenvalue weighted by Crippen LogP contribution is 2.26. The molecule has 2 nitrogen and oxygen atoms in total. The fourth-order valence-electron chi connectivity index (χ4n) is 2.09. The van der Waals surface area contributed by atoms with Crippen molar-refractivity contribution < 1.29 is 4.39 Å². The zero-order valence-electron chi connectivity index (χ0n) is 11.3. The molecule has 2 rings (SSSR count). The van der Waals surface area contributed by atoms with Crippen LogP contribution in [0.3, 0.4) is 0 Å². The zero-order valence-corrected chi connectivity index (χ0v) is 11.3. The Bertz CT molecular complexity index is 517. The highest BCUT2D eigenvalue weighted by atomic mass is 19.1. The van der Waals surface area contributed by atoms with Gasteiger partial charge in [-0.05, 0) is 55.8 Å². The highest BCUT2D eigenvalue weighted by Gasteiger charge is 2.08. The first-order valence-corrected chi connectivity index (χ1v) is 6.50. The number of rotatable bonds is 4. The first-order chi connectivity index (χ1) is 9.11. The molecule has 0 fully saturated rings. The SMILES string of the molecule is CCN(c1ccc(F)cc1)c1ccc([C@H](C)N)cc1. The van der Waals surface area contributed by atoms with Gasteiger partial charge in [-0.15, -0.1) is 0 Å². The van der Waals surface area contributed by atoms with Crippen molar-refractivity contribution in [3.8, 4) is 0 Å². The summed E-state index contributed by atoms with van der Waals surface area (Å²) in [4.78, 5) is 2.13. The Hall–Kier alpha value is -1.87. The molecular formula is C16H19FN2. The number of benzene rings is 2. The molecule has 0 bridgehead atoms. The maximum atomic E-state index is 13.0. The zero-order chi connectivity index (χ0) is 13.8. The Morgan fingerprint density at radius 3 is 1.89 bits per heavy atom. The van der Waals surface area contributed by atoms with Gasteiger partial charge in [0.15, 0.2) is 0 Å². The van der Waals surface area contributed by atoms with Gasteiger partial charge in [-0.3, -0.25) is 0 Å². The van der Waals surface area contributed by atoms with Crippen molar-refractivity contribution in [1.29, 1.82) is 0 Å². The van der Waals surface area contributed by atoms with Gasteiger partial charge in [0, 0.05) is 24.0 Å². The Labute approximate surface area is 113 Å². The van der Waals surface area contributed by atoms with Crippen molar-refractivity contribution in [2.45, 2.75) is 19.9 Å². The molecule has 100 valence electrons. The van der Waals surface area contributed by atoms with Crippen LogP contribution in [0.2, 0.25) is 0 Å². The minimum absolute atomic E-state index is 0.0370. The topological polar surface area (TPSA) is 29.3 Å². The van der Waals surface area contributed by atoms with Crippen LogP contribution >= 0.6 is 0 Å². The smallest absolute Gasteiger partial charge is 0.123 e. The minimum Gasteiger partial charge on any atom is -0.342 e. The highest BCUT2D eigenvalue weighted by molar-refractivity contribution is 5.63. The van der Waals surface area contributed by atoms with Crippen molar-refractivity contribution in [3.63, 3.8) is 0 Å². The molecule has 2 aromatic rings. The summed E-state index contributed by atoms with van der Waals surface area (Å²) < 4.78 is 13.0. The average molecular weight is 258 g/mol. The van der Waals surface area contributed by atoms with Crippen LogP contribution < -0.4 is 10.6 Å². The Balaban J connectivity index is 2.28. The van der Waals surface area contributed by atoms with Crippen LogP contribution in [0.4, 0.5) is 15.8 Å². The number of halogens is 1. The summed E-state index contributed by atoms with van der Waals surface area (Å²) in [6, 6.07) is 14.7. The maximum absolute atomic E-state index is 13.0. The van der Waals surface area contributed by atoms with Crippen molar-refractivity contribution in [2.75, 3.05) is 11.4 Å². The second-order valence-electron chi connectivity index (χ2n) is 4.60. The standard InChI is InChI=1S/C16H19FN2/c1-3-19(16-10-6-14(17)7-11-16)15-8-4-13(5-9-15)12(2)18/h4-12H,3,18H2,1-2H3/t12-/m0/s1. The van der Waals surface area contributed by atoms with Crippen molar-refractivity contribution >= 4 is 11.4 Å². The van der Waals surface area contributed by atoms with E-state index >= 15 is 0 Å². The van der Waals surface area contributed by atoms with Gasteiger partial charge in [-0.25, -0.2) is 4.39 Å². The van der Waals surface area contributed by atoms with Gasteiger partial charge in [-0.1, -0.05) is 12.1 Å². The average Bonchev–Trinajstić information content (AvgIpc) is 2.42. The first-order valence-electron chi connectivity index (χ1n) is 6.50. The molecule has 0 heterocycles. The second-order valence-corrected chi connectivity index (χ2v) is 4.60. The van der Waals surface area contributed by atoms with E-state index < -0.39 is 0 Å². The molecule has 2 N–H and O–H groups in total. The maximum Gasteiger partial charge on any atom is 0.123 e. The van der Waals surface area contributed by atoms with Crippen molar-refractivity contribution in [2.24, 2.45) is 5.73 Å². The molecule has 0 unspecified atom stereocenters. The summed E-state index contributed by atoms with van der Waals surface area (Å²) in [7, 11) is 0. The Morgan fingerprint density at radius 1 is 1.00 bits per heavy atom. The van der Waals surface area contributed by atoms with Crippen LogP contribution in [0.25, 0.3) is 0 Å². The van der Waals surface area contributed by atoms with Crippen LogP contribution in [0, 0.1) is 5.82 Å². The molecule has 19 heavy (non-hydrogen) atoms. The van der Waals surface area contributed by atoms with E-state index in [9.17, 15) is 4.39 Å². The summed E-state index contributed by atoms with van der Waals surface area (Å²) in [6.45, 7) is 4.86. The van der Waals surface area contributed by atoms with Crippen LogP contribution in [0.1, 0.15) is 25.5 Å². The van der Waals surface area contributed by atoms with E-state index in [0.29, 0.717) is 0 Å². The molecule has 0 saturated carbocycles. The Kier molecular flexibility index (Phi) is 4.17. The van der Waals surface area contributed by atoms with E-state index in [1.165, 1.54) is 12.1 Å². The van der Waals surface area contributed by atoms with Gasteiger partial charge >= 0.3 is 0 Å². The minimum atomic E-state index is -0.216. The lowest BCUT2D eigenvalue weighted by Gasteiger charge is -2.23. The Morgan fingerprint density at radius 2 is 1.47 bits per heavy atom. The number of nitrogens with two attached hydrogens (primary N) is 1. The van der Waals surface area contributed by atoms with E-state index in [1.807, 2.05) is 31.2 Å². The van der Waals surface area contributed by atoms with Crippen LogP contribution in [-0.2, 0) is 0 Å². The van der Waals surface area contributed by atoms with Gasteiger partial charge in [0.25, 0.3) is 0 Å². The predicted molar refractivity (Wildman–Crippen MR) is 78.1 cm³/mol. The number of anilines is 2. The van der Waals surface area contributed by atoms with Crippen molar-refractivity contribution in [1.82, 2.24) is 0 Å². The molecule has 0 aliphatic heterocycles. The fourth-order valence-corrected chi connectivity index (χ4v) is 2.09. The third-order valence-corrected chi connectivity index (χ3v) is 3.19. The van der Waals surface area contributed by atoms with Crippen LogP contribution in [-0.4, -0.2) is 6.54 Å². The third kappa shape index (κ3) is 3.12. The lowest BCUT2D eigenvalue weighted by molar-refractivity contribution is 0.628. The monoisotopic (exact) mass is 258 g/mol. The third-order valence-electron chi connectivity index (χ3n) is 3.19. The molecule has 0 aliphatic carbocycles. The number of hydrogen-bond donors (Lipinski definition) is 1. The van der Waals surface area contributed by atoms with Crippen LogP contribution in [0.5, 0.6) is 0 Å². The molecular weight excluding hydrogens is 239 g/mol. The lowest BCUT2D eigenvalue weighted by atomic mass is 10.1. The lowest BCUT2D eigenvalue weighted by Crippen LogP contribution is -2.16. The number of hydrogen-bond acceptors (Lipinski definition) is 2. The molecule has 2 aromatic carbocycles. The largest absolute Gasteiger partial charge is 0.342 e. The van der Waals surface area contributed by atoms with E-state index in [4.69, 9.17) is 5.73 Å². The predicted octanol–water partition coefficient (Wildman–Crippen LogP) is 4.00. The van der Waals surface area contributed by atoms with E-state index in [2.05, 4.69) is 11.8 Å². The summed E-state index contributed by atoms with van der Waals surface area (Å²) in [5.41, 5.74) is 9.02. The molecule has 3 heteroatoms. The molecule has 0 spiro atoms. The van der Waals surface area contributed by atoms with Gasteiger partial charge in [0.1, 0.15) is 5.82 Å². The van der Waals surface area contributed by atoms with Gasteiger partial charge in [-0.2, -0.15) is 0 Å². The summed E-state index contributed by atoms with van der Waals surface area (Å²) in [6.07, 6.45) is 0. The molecule has 0 aromatic heterocycles. The first kappa shape index (κ1) is 13.6. The second kappa shape index (κ2) is 5.85. The molecule has 0 aliphatic rings. The fraction of sp³-hybridized carbons (Fsp3) is 0.250. The molecule has 0 radical (unpaired) electrons. The number of nitrogens with zero attached hydrogens (tertiary/aromatic N) is 1. The van der Waals surface area contributed by atoms with Gasteiger partial charge in [0.2, 0.25) is 0 Å². The van der Waals surface area contributed by atoms with Gasteiger partial charge in [0.05, 0.1) is 0 Å². The molecule has 0 amide bonds. The van der Waals surface area contributed by atoms with E-state index in [1.54, 1.807) is 12.1 Å². The van der Waals surface area contributed by atoms with E-state index in [-0.39, 0.29) is 11.9 Å². The quantitative estimate of drug-likeness (QED) is 0.898. The summed E-state index contributed by atoms with van der Waals surface area (Å²) in [5, 5.41) is 0.